The van der Waals surface area contributed by atoms with Gasteiger partial charge in [0, 0.05) is 40.2 Å². The van der Waals surface area contributed by atoms with Crippen LogP contribution in [-0.4, -0.2) is 42.2 Å². The molecule has 8 nitrogen and oxygen atoms in total. The second-order valence-electron chi connectivity index (χ2n) is 8.37. The predicted molar refractivity (Wildman–Crippen MR) is 127 cm³/mol. The van der Waals surface area contributed by atoms with Crippen molar-refractivity contribution in [1.82, 2.24) is 15.3 Å². The van der Waals surface area contributed by atoms with E-state index in [1.165, 1.54) is 36.7 Å². The molecule has 0 spiro atoms. The molecule has 200 valence electrons. The summed E-state index contributed by atoms with van der Waals surface area (Å²) in [5.74, 6) is -0.811. The van der Waals surface area contributed by atoms with Crippen molar-refractivity contribution in [2.24, 2.45) is 0 Å². The van der Waals surface area contributed by atoms with E-state index < -0.39 is 34.4 Å². The molecule has 0 radical (unpaired) electrons. The number of aryl methyl sites for hydroxylation is 1. The predicted octanol–water partition coefficient (Wildman–Crippen LogP) is 4.54. The molecule has 0 bridgehead atoms. The third-order valence-electron chi connectivity index (χ3n) is 5.78. The summed E-state index contributed by atoms with van der Waals surface area (Å²) in [7, 11) is 0. The van der Waals surface area contributed by atoms with Gasteiger partial charge in [-0.3, -0.25) is 9.00 Å². The van der Waals surface area contributed by atoms with Gasteiger partial charge in [0.25, 0.3) is 0 Å². The van der Waals surface area contributed by atoms with Crippen molar-refractivity contribution in [2.45, 2.75) is 36.6 Å². The highest BCUT2D eigenvalue weighted by molar-refractivity contribution is 7.79. The molecule has 0 amide bonds. The lowest BCUT2D eigenvalue weighted by Gasteiger charge is -2.25. The summed E-state index contributed by atoms with van der Waals surface area (Å²) in [6, 6.07) is 9.32. The lowest BCUT2D eigenvalue weighted by Crippen LogP contribution is -2.48. The van der Waals surface area contributed by atoms with E-state index in [-0.39, 0.29) is 22.5 Å². The molecule has 2 aromatic heterocycles. The van der Waals surface area contributed by atoms with Crippen molar-refractivity contribution in [2.75, 3.05) is 6.54 Å². The van der Waals surface area contributed by atoms with E-state index in [9.17, 15) is 36.2 Å². The van der Waals surface area contributed by atoms with E-state index in [2.05, 4.69) is 15.3 Å². The van der Waals surface area contributed by atoms with E-state index in [0.717, 1.165) is 19.0 Å². The smallest absolute Gasteiger partial charge is 0.416 e. The van der Waals surface area contributed by atoms with Crippen LogP contribution in [0.3, 0.4) is 0 Å². The average molecular weight is 551 g/mol. The number of phenols is 1. The van der Waals surface area contributed by atoms with Crippen LogP contribution in [0.4, 0.5) is 17.6 Å². The zero-order valence-electron chi connectivity index (χ0n) is 19.5. The molecule has 0 aliphatic carbocycles. The maximum Gasteiger partial charge on any atom is 0.416 e. The molecule has 38 heavy (non-hydrogen) atoms. The molecule has 3 heterocycles. The maximum absolute atomic E-state index is 12.7. The summed E-state index contributed by atoms with van der Waals surface area (Å²) in [5.41, 5.74) is 0.522. The van der Waals surface area contributed by atoms with Gasteiger partial charge in [0.05, 0.1) is 17.3 Å². The Kier molecular flexibility index (Phi) is 8.19. The first-order chi connectivity index (χ1) is 18.0. The highest BCUT2D eigenvalue weighted by Crippen LogP contribution is 2.36. The number of aromatic hydroxyl groups is 1. The van der Waals surface area contributed by atoms with Gasteiger partial charge in [-0.05, 0) is 61.9 Å². The van der Waals surface area contributed by atoms with E-state index in [4.69, 9.17) is 4.42 Å². The number of rotatable bonds is 6. The van der Waals surface area contributed by atoms with Gasteiger partial charge in [-0.1, -0.05) is 0 Å². The number of carbonyl (C=O) groups is 1. The number of hydrogen-bond donors (Lipinski definition) is 2. The molecule has 2 aromatic carbocycles. The second-order valence-corrected chi connectivity index (χ2v) is 9.24. The molecule has 1 aliphatic heterocycles. The number of aromatic nitrogens is 2. The number of nitrogens with zero attached hydrogens (tertiary/aromatic N) is 2. The van der Waals surface area contributed by atoms with Crippen LogP contribution < -0.4 is 5.32 Å². The summed E-state index contributed by atoms with van der Waals surface area (Å²) >= 11 is -2.41. The molecule has 5 rings (SSSR count). The molecular formula is C25H20F4N3O5S-. The fraction of sp³-hybridized carbons (Fsp3) is 0.240. The standard InChI is InChI=1S/C17H16F3N3O2.C8H5FO3S/c18-17(19,20)10-1-3-12(16(25)7-10)14-8-11(22-9-23-14)2-4-15(24)13-5-6-21-13;9-6-1-2-7-5(3-6)4-8(12-7)13(10)11/h1,3,7-9,13,21,25H,2,4-6H2;1-4H,(H,10,11)/p-1/t13-;/m0./s1. The van der Waals surface area contributed by atoms with Crippen LogP contribution in [0, 0.1) is 5.82 Å². The Labute approximate surface area is 216 Å². The number of furan rings is 1. The lowest BCUT2D eigenvalue weighted by atomic mass is 9.98. The van der Waals surface area contributed by atoms with E-state index >= 15 is 0 Å². The Balaban J connectivity index is 0.000000216. The van der Waals surface area contributed by atoms with Gasteiger partial charge < -0.3 is 19.4 Å². The first-order valence-corrected chi connectivity index (χ1v) is 12.3. The maximum atomic E-state index is 12.7. The monoisotopic (exact) mass is 550 g/mol. The molecule has 4 aromatic rings. The number of Topliss-reactive ketones (excluding diaryl/α,β-unsaturated/α-hetero) is 1. The van der Waals surface area contributed by atoms with Gasteiger partial charge in [-0.15, -0.1) is 0 Å². The fourth-order valence-electron chi connectivity index (χ4n) is 3.67. The zero-order chi connectivity index (χ0) is 27.4. The molecule has 1 fully saturated rings. The second kappa shape index (κ2) is 11.4. The lowest BCUT2D eigenvalue weighted by molar-refractivity contribution is -0.137. The summed E-state index contributed by atoms with van der Waals surface area (Å²) < 4.78 is 76.5. The van der Waals surface area contributed by atoms with Gasteiger partial charge in [-0.25, -0.2) is 14.4 Å². The molecule has 0 saturated carbocycles. The normalized spacial score (nSPS) is 15.9. The minimum absolute atomic E-state index is 0.0831. The highest BCUT2D eigenvalue weighted by atomic mass is 32.2. The SMILES string of the molecule is O=C(CCc1cc(-c2ccc(C(F)(F)F)cc2O)ncn1)[C@@H]1CCN1.O=S([O-])c1cc2cc(F)ccc2o1. The minimum atomic E-state index is -4.53. The largest absolute Gasteiger partial charge is 0.766 e. The third-order valence-corrected chi connectivity index (χ3v) is 6.31. The fourth-order valence-corrected chi connectivity index (χ4v) is 4.05. The highest BCUT2D eigenvalue weighted by Gasteiger charge is 2.31. The summed E-state index contributed by atoms with van der Waals surface area (Å²) in [4.78, 5) is 20.0. The van der Waals surface area contributed by atoms with Crippen LogP contribution in [0.5, 0.6) is 5.75 Å². The Hall–Kier alpha value is -3.68. The Morgan fingerprint density at radius 1 is 1.16 bits per heavy atom. The first-order valence-electron chi connectivity index (χ1n) is 11.3. The van der Waals surface area contributed by atoms with E-state index in [0.29, 0.717) is 41.3 Å². The third kappa shape index (κ3) is 6.60. The summed E-state index contributed by atoms with van der Waals surface area (Å²) in [6.07, 6.45) is -1.68. The quantitative estimate of drug-likeness (QED) is 0.265. The number of fused-ring (bicyclic) bond motifs is 1. The number of hydrogen-bond acceptors (Lipinski definition) is 8. The average Bonchev–Trinajstić information content (AvgIpc) is 3.25. The molecule has 2 N–H and O–H groups in total. The number of phenolic OH excluding ortho intramolecular Hbond substituents is 1. The number of benzene rings is 2. The van der Waals surface area contributed by atoms with Gasteiger partial charge in [-0.2, -0.15) is 13.2 Å². The van der Waals surface area contributed by atoms with Gasteiger partial charge in [0.15, 0.2) is 5.09 Å². The topological polar surface area (TPSA) is 128 Å². The van der Waals surface area contributed by atoms with Crippen LogP contribution in [0.25, 0.3) is 22.2 Å². The minimum Gasteiger partial charge on any atom is -0.766 e. The molecule has 13 heteroatoms. The number of nitrogens with one attached hydrogen (secondary N) is 1. The van der Waals surface area contributed by atoms with Crippen LogP contribution >= 0.6 is 0 Å². The molecular weight excluding hydrogens is 530 g/mol. The Bertz CT molecular complexity index is 1490. The summed E-state index contributed by atoms with van der Waals surface area (Å²) in [5, 5.41) is 13.2. The molecule has 2 atom stereocenters. The van der Waals surface area contributed by atoms with Gasteiger partial charge in [0.1, 0.15) is 29.3 Å². The first kappa shape index (κ1) is 27.4. The van der Waals surface area contributed by atoms with Crippen LogP contribution in [0.1, 0.15) is 24.1 Å². The molecule has 1 saturated heterocycles. The number of halogens is 4. The number of carbonyl (C=O) groups excluding carboxylic acids is 1. The van der Waals surface area contributed by atoms with Crippen molar-refractivity contribution in [3.8, 4) is 17.0 Å². The van der Waals surface area contributed by atoms with Crippen molar-refractivity contribution >= 4 is 27.8 Å². The van der Waals surface area contributed by atoms with Gasteiger partial charge in [0.2, 0.25) is 0 Å². The van der Waals surface area contributed by atoms with Crippen LogP contribution in [-0.2, 0) is 28.5 Å². The summed E-state index contributed by atoms with van der Waals surface area (Å²) in [6.45, 7) is 0.848. The Morgan fingerprint density at radius 3 is 2.55 bits per heavy atom. The van der Waals surface area contributed by atoms with Crippen molar-refractivity contribution < 1.29 is 40.6 Å². The molecule has 1 aliphatic rings. The van der Waals surface area contributed by atoms with Crippen LogP contribution in [0.2, 0.25) is 0 Å². The van der Waals surface area contributed by atoms with Gasteiger partial charge >= 0.3 is 6.18 Å². The van der Waals surface area contributed by atoms with Crippen molar-refractivity contribution in [3.63, 3.8) is 0 Å². The van der Waals surface area contributed by atoms with Crippen molar-refractivity contribution in [3.05, 3.63) is 71.9 Å². The number of alkyl halides is 3. The number of ketones is 1. The zero-order valence-corrected chi connectivity index (χ0v) is 20.3. The Morgan fingerprint density at radius 2 is 1.92 bits per heavy atom. The molecule has 1 unspecified atom stereocenters. The van der Waals surface area contributed by atoms with E-state index in [1.54, 1.807) is 6.07 Å². The van der Waals surface area contributed by atoms with Crippen LogP contribution in [0.15, 0.2) is 64.4 Å². The van der Waals surface area contributed by atoms with E-state index in [1.807, 2.05) is 0 Å². The van der Waals surface area contributed by atoms with Crippen molar-refractivity contribution in [1.29, 1.82) is 0 Å².